The Morgan fingerprint density at radius 1 is 1.13 bits per heavy atom. The van der Waals surface area contributed by atoms with Gasteiger partial charge >= 0.3 is 12.5 Å². The SMILES string of the molecule is C=Nc1c(CN)cc(C=O)cc1OC(F)(F)F.CC.CNCC(c1cc2c(c(-c3ccc(F)cc3)n1)OCC2C(F)(F)F)C1CC1. The predicted octanol–water partition coefficient (Wildman–Crippen LogP) is 7.85. The van der Waals surface area contributed by atoms with Crippen LogP contribution in [-0.2, 0) is 6.54 Å². The number of carbonyl (C=O) groups excluding carboxylic acids is 1. The lowest BCUT2D eigenvalue weighted by Gasteiger charge is -2.20. The van der Waals surface area contributed by atoms with Crippen LogP contribution in [-0.4, -0.2) is 50.7 Å². The topological polar surface area (TPSA) is 98.8 Å². The van der Waals surface area contributed by atoms with E-state index in [4.69, 9.17) is 10.5 Å². The molecular weight excluding hydrogens is 621 g/mol. The minimum Gasteiger partial charge on any atom is -0.490 e. The van der Waals surface area contributed by atoms with Gasteiger partial charge in [0.2, 0.25) is 0 Å². The molecule has 0 radical (unpaired) electrons. The number of nitrogens with two attached hydrogens (primary N) is 1. The van der Waals surface area contributed by atoms with E-state index in [1.807, 2.05) is 20.9 Å². The lowest BCUT2D eigenvalue weighted by molar-refractivity contribution is -0.274. The van der Waals surface area contributed by atoms with Gasteiger partial charge in [0.05, 0.1) is 0 Å². The molecule has 2 aliphatic rings. The zero-order valence-corrected chi connectivity index (χ0v) is 25.4. The van der Waals surface area contributed by atoms with Crippen LogP contribution in [0.25, 0.3) is 11.3 Å². The molecule has 0 amide bonds. The van der Waals surface area contributed by atoms with E-state index in [-0.39, 0.29) is 40.6 Å². The van der Waals surface area contributed by atoms with Crippen molar-refractivity contribution in [3.05, 3.63) is 70.7 Å². The van der Waals surface area contributed by atoms with Crippen LogP contribution < -0.4 is 20.5 Å². The lowest BCUT2D eigenvalue weighted by atomic mass is 9.92. The Labute approximate surface area is 262 Å². The van der Waals surface area contributed by atoms with Gasteiger partial charge in [-0.3, -0.25) is 9.79 Å². The fourth-order valence-electron chi connectivity index (χ4n) is 5.03. The van der Waals surface area contributed by atoms with Gasteiger partial charge in [-0.05, 0) is 80.6 Å². The number of ether oxygens (including phenoxy) is 2. The van der Waals surface area contributed by atoms with E-state index in [2.05, 4.69) is 26.7 Å². The van der Waals surface area contributed by atoms with Crippen molar-refractivity contribution >= 4 is 18.7 Å². The Kier molecular flexibility index (Phi) is 12.3. The number of likely N-dealkylation sites (N-methyl/N-ethyl adjacent to an activating group) is 1. The number of aliphatic imine (C=N–C) groups is 1. The number of nitrogens with one attached hydrogen (secondary N) is 1. The Hall–Kier alpha value is -4.04. The molecule has 1 saturated carbocycles. The Balaban J connectivity index is 0.000000263. The highest BCUT2D eigenvalue weighted by atomic mass is 19.4. The van der Waals surface area contributed by atoms with Crippen LogP contribution in [0.4, 0.5) is 36.4 Å². The summed E-state index contributed by atoms with van der Waals surface area (Å²) in [5, 5.41) is 3.12. The summed E-state index contributed by atoms with van der Waals surface area (Å²) in [6, 6.07) is 9.43. The lowest BCUT2D eigenvalue weighted by Crippen LogP contribution is -2.23. The summed E-state index contributed by atoms with van der Waals surface area (Å²) in [5.41, 5.74) is 7.19. The van der Waals surface area contributed by atoms with Gasteiger partial charge in [0.1, 0.15) is 41.8 Å². The van der Waals surface area contributed by atoms with Crippen molar-refractivity contribution in [3.63, 3.8) is 0 Å². The minimum atomic E-state index is -4.87. The highest BCUT2D eigenvalue weighted by molar-refractivity contribution is 5.79. The van der Waals surface area contributed by atoms with E-state index in [1.54, 1.807) is 6.07 Å². The number of hydrogen-bond donors (Lipinski definition) is 2. The van der Waals surface area contributed by atoms with Crippen LogP contribution >= 0.6 is 0 Å². The van der Waals surface area contributed by atoms with Gasteiger partial charge in [-0.25, -0.2) is 9.37 Å². The number of benzene rings is 2. The number of hydrogen-bond acceptors (Lipinski definition) is 7. The summed E-state index contributed by atoms with van der Waals surface area (Å²) >= 11 is 0. The Morgan fingerprint density at radius 2 is 1.78 bits per heavy atom. The summed E-state index contributed by atoms with van der Waals surface area (Å²) in [4.78, 5) is 18.7. The first-order valence-corrected chi connectivity index (χ1v) is 14.5. The number of aromatic nitrogens is 1. The molecule has 2 atom stereocenters. The van der Waals surface area contributed by atoms with Crippen molar-refractivity contribution in [1.29, 1.82) is 0 Å². The zero-order valence-electron chi connectivity index (χ0n) is 25.4. The number of aldehydes is 1. The number of pyridine rings is 1. The third-order valence-corrected chi connectivity index (χ3v) is 7.22. The Morgan fingerprint density at radius 3 is 2.28 bits per heavy atom. The molecule has 2 heterocycles. The third kappa shape index (κ3) is 9.03. The van der Waals surface area contributed by atoms with Gasteiger partial charge in [0.25, 0.3) is 0 Å². The van der Waals surface area contributed by atoms with Crippen LogP contribution in [0.1, 0.15) is 65.7 Å². The maximum Gasteiger partial charge on any atom is 0.573 e. The van der Waals surface area contributed by atoms with Gasteiger partial charge in [-0.15, -0.1) is 13.2 Å². The Bertz CT molecular complexity index is 1490. The van der Waals surface area contributed by atoms with Crippen molar-refractivity contribution in [2.75, 3.05) is 20.2 Å². The molecular formula is C32H35F7N4O3. The van der Waals surface area contributed by atoms with E-state index in [0.29, 0.717) is 35.7 Å². The van der Waals surface area contributed by atoms with Crippen LogP contribution in [0.3, 0.4) is 0 Å². The second-order valence-corrected chi connectivity index (χ2v) is 10.3. The number of rotatable bonds is 9. The van der Waals surface area contributed by atoms with E-state index in [1.165, 1.54) is 30.3 Å². The monoisotopic (exact) mass is 656 g/mol. The highest BCUT2D eigenvalue weighted by Crippen LogP contribution is 2.50. The van der Waals surface area contributed by atoms with Crippen LogP contribution in [0, 0.1) is 11.7 Å². The molecule has 2 unspecified atom stereocenters. The van der Waals surface area contributed by atoms with Crippen molar-refractivity contribution in [3.8, 4) is 22.8 Å². The molecule has 1 aromatic heterocycles. The summed E-state index contributed by atoms with van der Waals surface area (Å²) in [7, 11) is 1.82. The molecule has 2 aromatic carbocycles. The minimum absolute atomic E-state index is 0.0251. The van der Waals surface area contributed by atoms with E-state index in [9.17, 15) is 35.5 Å². The number of carbonyl (C=O) groups is 1. The normalized spacial score (nSPS) is 16.1. The number of alkyl halides is 6. The summed E-state index contributed by atoms with van der Waals surface area (Å²) < 4.78 is 99.4. The fourth-order valence-corrected chi connectivity index (χ4v) is 5.03. The molecule has 1 fully saturated rings. The predicted molar refractivity (Wildman–Crippen MR) is 160 cm³/mol. The van der Waals surface area contributed by atoms with Crippen LogP contribution in [0.2, 0.25) is 0 Å². The molecule has 3 aromatic rings. The first-order valence-electron chi connectivity index (χ1n) is 14.5. The first kappa shape index (κ1) is 36.4. The molecule has 0 bridgehead atoms. The van der Waals surface area contributed by atoms with E-state index >= 15 is 0 Å². The quantitative estimate of drug-likeness (QED) is 0.138. The molecule has 1 aliphatic heterocycles. The maximum absolute atomic E-state index is 13.5. The molecule has 46 heavy (non-hydrogen) atoms. The highest BCUT2D eigenvalue weighted by Gasteiger charge is 2.47. The van der Waals surface area contributed by atoms with Crippen molar-refractivity contribution in [2.24, 2.45) is 16.6 Å². The molecule has 0 spiro atoms. The van der Waals surface area contributed by atoms with E-state index < -0.39 is 36.6 Å². The standard InChI is InChI=1S/C20H20F4N2O.C10H9F3N2O2.C2H6/c1-25-9-15(11-2-3-11)17-8-14-16(20(22,23)24)10-27-19(14)18(26-17)12-4-6-13(21)7-5-12;1-15-9-7(4-14)2-6(5-16)3-8(9)17-10(11,12)13;1-2/h4-8,11,15-16,25H,2-3,9-10H2,1H3;2-3,5H,1,4,14H2;1-2H3. The second kappa shape index (κ2) is 15.5. The van der Waals surface area contributed by atoms with E-state index in [0.717, 1.165) is 18.9 Å². The van der Waals surface area contributed by atoms with Crippen molar-refractivity contribution < 1.29 is 45.0 Å². The van der Waals surface area contributed by atoms with Crippen LogP contribution in [0.15, 0.2) is 47.5 Å². The molecule has 250 valence electrons. The molecule has 5 rings (SSSR count). The van der Waals surface area contributed by atoms with Gasteiger partial charge < -0.3 is 20.5 Å². The number of halogens is 7. The average Bonchev–Trinajstić information content (AvgIpc) is 3.76. The third-order valence-electron chi connectivity index (χ3n) is 7.22. The average molecular weight is 657 g/mol. The molecule has 0 saturated heterocycles. The molecule has 14 heteroatoms. The molecule has 7 nitrogen and oxygen atoms in total. The summed E-state index contributed by atoms with van der Waals surface area (Å²) in [5.74, 6) is -2.02. The maximum atomic E-state index is 13.5. The second-order valence-electron chi connectivity index (χ2n) is 10.3. The smallest absolute Gasteiger partial charge is 0.490 e. The summed E-state index contributed by atoms with van der Waals surface area (Å²) in [6.07, 6.45) is -6.75. The van der Waals surface area contributed by atoms with Crippen LogP contribution in [0.5, 0.6) is 11.5 Å². The fraction of sp³-hybridized carbons (Fsp3) is 0.406. The van der Waals surface area contributed by atoms with Crippen molar-refractivity contribution in [2.45, 2.75) is 57.6 Å². The molecule has 3 N–H and O–H groups in total. The van der Waals surface area contributed by atoms with Crippen molar-refractivity contribution in [1.82, 2.24) is 10.3 Å². The first-order chi connectivity index (χ1) is 21.8. The zero-order chi connectivity index (χ0) is 34.2. The number of nitrogens with zero attached hydrogens (tertiary/aromatic N) is 2. The number of fused-ring (bicyclic) bond motifs is 1. The largest absolute Gasteiger partial charge is 0.573 e. The summed E-state index contributed by atoms with van der Waals surface area (Å²) in [6.45, 7) is 7.27. The van der Waals surface area contributed by atoms with Gasteiger partial charge in [0.15, 0.2) is 5.75 Å². The van der Waals surface area contributed by atoms with Gasteiger partial charge in [-0.2, -0.15) is 13.2 Å². The van der Waals surface area contributed by atoms with Gasteiger partial charge in [0, 0.05) is 41.4 Å². The van der Waals surface area contributed by atoms with Gasteiger partial charge in [-0.1, -0.05) is 13.8 Å². The molecule has 1 aliphatic carbocycles.